The van der Waals surface area contributed by atoms with Crippen molar-refractivity contribution in [3.8, 4) is 0 Å². The highest BCUT2D eigenvalue weighted by Gasteiger charge is 2.21. The Morgan fingerprint density at radius 1 is 1.06 bits per heavy atom. The number of nitrogens with zero attached hydrogens (tertiary/aromatic N) is 2. The van der Waals surface area contributed by atoms with E-state index in [1.165, 1.54) is 20.4 Å². The minimum Gasteiger partial charge on any atom is -0.476 e. The maximum absolute atomic E-state index is 11.9. The van der Waals surface area contributed by atoms with Crippen molar-refractivity contribution in [1.82, 2.24) is 0 Å². The number of rotatable bonds is 12. The number of ether oxygens (including phenoxy) is 2. The Morgan fingerprint density at radius 3 is 2.45 bits per heavy atom. The Kier molecular flexibility index (Phi) is 9.70. The molecule has 0 bridgehead atoms. The molecule has 2 aromatic carbocycles. The molecule has 0 aromatic heterocycles. The molecule has 1 N–H and O–H groups in total. The Labute approximate surface area is 179 Å². The summed E-state index contributed by atoms with van der Waals surface area (Å²) in [5.74, 6) is -1.74. The molecule has 2 aromatic rings. The Balaban J connectivity index is 1.91. The maximum atomic E-state index is 11.9. The van der Waals surface area contributed by atoms with Crippen LogP contribution in [-0.2, 0) is 41.8 Å². The molecule has 31 heavy (non-hydrogen) atoms. The van der Waals surface area contributed by atoms with Crippen LogP contribution in [0.1, 0.15) is 16.7 Å². The van der Waals surface area contributed by atoms with Crippen LogP contribution in [0, 0.1) is 0 Å². The summed E-state index contributed by atoms with van der Waals surface area (Å²) in [7, 11) is 2.56. The van der Waals surface area contributed by atoms with Gasteiger partial charge in [0.05, 0.1) is 26.5 Å². The number of aliphatic carboxylic acids is 1. The van der Waals surface area contributed by atoms with E-state index in [9.17, 15) is 14.7 Å². The molecule has 2 rings (SSSR count). The largest absolute Gasteiger partial charge is 0.476 e. The zero-order valence-corrected chi connectivity index (χ0v) is 17.3. The van der Waals surface area contributed by atoms with Gasteiger partial charge in [0, 0.05) is 12.0 Å². The number of carbonyl (C=O) groups is 2. The third-order valence-electron chi connectivity index (χ3n) is 4.10. The molecule has 0 aliphatic carbocycles. The normalized spacial score (nSPS) is 12.4. The van der Waals surface area contributed by atoms with E-state index in [0.29, 0.717) is 17.5 Å². The third kappa shape index (κ3) is 7.56. The SMILES string of the molecule is CO/N=C(/C(=O)O)c1ccccc1COC/C=N\OC(Cc1ccccc1)C(=O)OC. The number of methoxy groups -OCH3 is 1. The van der Waals surface area contributed by atoms with Crippen molar-refractivity contribution in [2.75, 3.05) is 20.8 Å². The van der Waals surface area contributed by atoms with Crippen LogP contribution in [0.25, 0.3) is 0 Å². The van der Waals surface area contributed by atoms with Crippen LogP contribution in [-0.4, -0.2) is 55.9 Å². The number of hydrogen-bond donors (Lipinski definition) is 1. The molecule has 0 radical (unpaired) electrons. The van der Waals surface area contributed by atoms with E-state index < -0.39 is 18.0 Å². The lowest BCUT2D eigenvalue weighted by molar-refractivity contribution is -0.154. The maximum Gasteiger partial charge on any atom is 0.358 e. The van der Waals surface area contributed by atoms with Crippen LogP contribution in [0.5, 0.6) is 0 Å². The monoisotopic (exact) mass is 428 g/mol. The van der Waals surface area contributed by atoms with Crippen LogP contribution in [0.15, 0.2) is 64.9 Å². The zero-order chi connectivity index (χ0) is 22.5. The van der Waals surface area contributed by atoms with Gasteiger partial charge in [-0.25, -0.2) is 9.59 Å². The molecule has 0 fully saturated rings. The molecule has 0 saturated carbocycles. The van der Waals surface area contributed by atoms with E-state index in [4.69, 9.17) is 14.3 Å². The molecule has 0 saturated heterocycles. The number of oxime groups is 2. The summed E-state index contributed by atoms with van der Waals surface area (Å²) in [6, 6.07) is 16.2. The lowest BCUT2D eigenvalue weighted by atomic mass is 10.0. The minimum absolute atomic E-state index is 0.0807. The summed E-state index contributed by atoms with van der Waals surface area (Å²) in [5, 5.41) is 16.7. The second-order valence-electron chi connectivity index (χ2n) is 6.19. The van der Waals surface area contributed by atoms with Gasteiger partial charge in [0.1, 0.15) is 7.11 Å². The lowest BCUT2D eigenvalue weighted by Gasteiger charge is -2.12. The smallest absolute Gasteiger partial charge is 0.358 e. The van der Waals surface area contributed by atoms with Crippen molar-refractivity contribution < 1.29 is 33.8 Å². The van der Waals surface area contributed by atoms with E-state index >= 15 is 0 Å². The highest BCUT2D eigenvalue weighted by Crippen LogP contribution is 2.12. The van der Waals surface area contributed by atoms with E-state index in [2.05, 4.69) is 15.1 Å². The predicted molar refractivity (Wildman–Crippen MR) is 113 cm³/mol. The van der Waals surface area contributed by atoms with Crippen LogP contribution < -0.4 is 0 Å². The van der Waals surface area contributed by atoms with Gasteiger partial charge in [-0.1, -0.05) is 64.9 Å². The van der Waals surface area contributed by atoms with Crippen LogP contribution >= 0.6 is 0 Å². The molecule has 0 heterocycles. The first-order valence-corrected chi connectivity index (χ1v) is 9.36. The van der Waals surface area contributed by atoms with Gasteiger partial charge < -0.3 is 24.3 Å². The summed E-state index contributed by atoms with van der Waals surface area (Å²) >= 11 is 0. The first-order chi connectivity index (χ1) is 15.1. The van der Waals surface area contributed by atoms with Crippen molar-refractivity contribution in [2.24, 2.45) is 10.3 Å². The third-order valence-corrected chi connectivity index (χ3v) is 4.10. The van der Waals surface area contributed by atoms with Gasteiger partial charge in [0.15, 0.2) is 5.71 Å². The quantitative estimate of drug-likeness (QED) is 0.239. The van der Waals surface area contributed by atoms with Crippen molar-refractivity contribution >= 4 is 23.9 Å². The van der Waals surface area contributed by atoms with Crippen molar-refractivity contribution in [2.45, 2.75) is 19.1 Å². The molecule has 1 atom stereocenters. The van der Waals surface area contributed by atoms with Gasteiger partial charge in [0.2, 0.25) is 6.10 Å². The summed E-state index contributed by atoms with van der Waals surface area (Å²) in [6.07, 6.45) is 0.800. The average molecular weight is 428 g/mol. The number of carbonyl (C=O) groups excluding carboxylic acids is 1. The molecular weight excluding hydrogens is 404 g/mol. The summed E-state index contributed by atoms with van der Waals surface area (Å²) < 4.78 is 10.3. The van der Waals surface area contributed by atoms with Crippen LogP contribution in [0.4, 0.5) is 0 Å². The van der Waals surface area contributed by atoms with Crippen molar-refractivity contribution in [3.05, 3.63) is 71.3 Å². The fraction of sp³-hybridized carbons (Fsp3) is 0.273. The number of esters is 1. The number of carboxylic acid groups (broad SMARTS) is 1. The van der Waals surface area contributed by atoms with Gasteiger partial charge in [-0.15, -0.1) is 0 Å². The predicted octanol–water partition coefficient (Wildman–Crippen LogP) is 2.43. The Hall–Kier alpha value is -3.72. The van der Waals surface area contributed by atoms with E-state index in [0.717, 1.165) is 5.56 Å². The fourth-order valence-corrected chi connectivity index (χ4v) is 2.66. The molecule has 0 aliphatic heterocycles. The van der Waals surface area contributed by atoms with Gasteiger partial charge >= 0.3 is 11.9 Å². The molecule has 9 heteroatoms. The molecule has 0 amide bonds. The number of hydrogen-bond acceptors (Lipinski definition) is 8. The van der Waals surface area contributed by atoms with Crippen molar-refractivity contribution in [3.63, 3.8) is 0 Å². The molecule has 1 unspecified atom stereocenters. The van der Waals surface area contributed by atoms with E-state index in [-0.39, 0.29) is 18.9 Å². The summed E-state index contributed by atoms with van der Waals surface area (Å²) in [4.78, 5) is 33.2. The van der Waals surface area contributed by atoms with Gasteiger partial charge in [-0.05, 0) is 11.1 Å². The van der Waals surface area contributed by atoms with Gasteiger partial charge in [-0.2, -0.15) is 0 Å². The highest BCUT2D eigenvalue weighted by atomic mass is 16.7. The Bertz CT molecular complexity index is 913. The van der Waals surface area contributed by atoms with Gasteiger partial charge in [0.25, 0.3) is 0 Å². The highest BCUT2D eigenvalue weighted by molar-refractivity contribution is 6.42. The molecule has 0 spiro atoms. The standard InChI is InChI=1S/C22H24N2O7/c1-28-22(27)19(14-16-8-4-3-5-9-16)31-23-12-13-30-15-17-10-6-7-11-18(17)20(21(25)26)24-29-2/h3-12,19H,13-15H2,1-2H3,(H,25,26)/b23-12-,24-20+. The second-order valence-corrected chi connectivity index (χ2v) is 6.19. The van der Waals surface area contributed by atoms with Crippen molar-refractivity contribution in [1.29, 1.82) is 0 Å². The Morgan fingerprint density at radius 2 is 1.77 bits per heavy atom. The second kappa shape index (κ2) is 12.8. The number of benzene rings is 2. The fourth-order valence-electron chi connectivity index (χ4n) is 2.66. The summed E-state index contributed by atoms with van der Waals surface area (Å²) in [5.41, 5.74) is 1.69. The molecule has 0 aliphatic rings. The van der Waals surface area contributed by atoms with E-state index in [1.807, 2.05) is 30.3 Å². The first kappa shape index (κ1) is 23.6. The summed E-state index contributed by atoms with van der Waals surface area (Å²) in [6.45, 7) is 0.194. The number of carboxylic acids is 1. The van der Waals surface area contributed by atoms with Crippen LogP contribution in [0.3, 0.4) is 0 Å². The zero-order valence-electron chi connectivity index (χ0n) is 17.3. The average Bonchev–Trinajstić information content (AvgIpc) is 2.79. The first-order valence-electron chi connectivity index (χ1n) is 9.36. The lowest BCUT2D eigenvalue weighted by Crippen LogP contribution is -2.26. The van der Waals surface area contributed by atoms with Crippen LogP contribution in [0.2, 0.25) is 0 Å². The van der Waals surface area contributed by atoms with E-state index in [1.54, 1.807) is 24.3 Å². The molecule has 9 nitrogen and oxygen atoms in total. The van der Waals surface area contributed by atoms with Gasteiger partial charge in [-0.3, -0.25) is 0 Å². The minimum atomic E-state index is -1.21. The molecular formula is C22H24N2O7. The topological polar surface area (TPSA) is 116 Å². The molecule has 164 valence electrons.